The van der Waals surface area contributed by atoms with Crippen LogP contribution < -0.4 is 16.0 Å². The molecule has 3 N–H and O–H groups in total. The van der Waals surface area contributed by atoms with E-state index < -0.39 is 0 Å². The molecule has 0 aliphatic rings. The van der Waals surface area contributed by atoms with Crippen molar-refractivity contribution in [1.29, 1.82) is 0 Å². The van der Waals surface area contributed by atoms with Gasteiger partial charge in [0.05, 0.1) is 18.3 Å². The number of hydrogen-bond donors (Lipinski definition) is 3. The van der Waals surface area contributed by atoms with Crippen LogP contribution in [0.25, 0.3) is 0 Å². The van der Waals surface area contributed by atoms with Gasteiger partial charge in [-0.2, -0.15) is 0 Å². The van der Waals surface area contributed by atoms with Crippen molar-refractivity contribution in [2.75, 3.05) is 11.9 Å². The number of rotatable bonds is 14. The molecule has 0 bridgehead atoms. The first-order valence-corrected chi connectivity index (χ1v) is 11.2. The van der Waals surface area contributed by atoms with Crippen molar-refractivity contribution in [3.05, 3.63) is 83.5 Å². The molecule has 0 heterocycles. The fourth-order valence-corrected chi connectivity index (χ4v) is 3.23. The molecule has 1 unspecified atom stereocenters. The summed E-state index contributed by atoms with van der Waals surface area (Å²) in [6.45, 7) is 19.3. The Labute approximate surface area is 184 Å². The van der Waals surface area contributed by atoms with E-state index in [1.54, 1.807) is 0 Å². The van der Waals surface area contributed by atoms with Gasteiger partial charge in [-0.05, 0) is 63.6 Å². The third kappa shape index (κ3) is 9.71. The smallest absolute Gasteiger partial charge is 0.0653 e. The molecule has 0 aliphatic heterocycles. The Kier molecular flexibility index (Phi) is 12.2. The minimum Gasteiger partial charge on any atom is -0.382 e. The third-order valence-corrected chi connectivity index (χ3v) is 5.06. The fourth-order valence-electron chi connectivity index (χ4n) is 3.23. The Morgan fingerprint density at radius 2 is 1.73 bits per heavy atom. The molecule has 0 aliphatic carbocycles. The molecule has 0 radical (unpaired) electrons. The predicted octanol–water partition coefficient (Wildman–Crippen LogP) is 6.84. The largest absolute Gasteiger partial charge is 0.382 e. The summed E-state index contributed by atoms with van der Waals surface area (Å²) in [5, 5.41) is 10.4. The molecule has 3 nitrogen and oxygen atoms in total. The maximum atomic E-state index is 4.22. The van der Waals surface area contributed by atoms with E-state index in [-0.39, 0.29) is 6.04 Å². The topological polar surface area (TPSA) is 36.1 Å². The second-order valence-electron chi connectivity index (χ2n) is 7.70. The summed E-state index contributed by atoms with van der Waals surface area (Å²) < 4.78 is 0. The van der Waals surface area contributed by atoms with Crippen molar-refractivity contribution in [3.63, 3.8) is 0 Å². The number of allylic oxidation sites excluding steroid dienone is 4. The predicted molar refractivity (Wildman–Crippen MR) is 133 cm³/mol. The highest BCUT2D eigenvalue weighted by molar-refractivity contribution is 5.49. The van der Waals surface area contributed by atoms with Crippen LogP contribution in [0.2, 0.25) is 0 Å². The SMILES string of the molecule is C=C=C(C)NC(CC)C(=C)NC/C(=C\CC)Nc1ccc(CC/C(C)=C\CC)cc1. The lowest BCUT2D eigenvalue weighted by Crippen LogP contribution is -2.35. The molecule has 3 heteroatoms. The number of benzene rings is 1. The van der Waals surface area contributed by atoms with Crippen LogP contribution in [0.5, 0.6) is 0 Å². The summed E-state index contributed by atoms with van der Waals surface area (Å²) in [5.41, 5.74) is 9.91. The van der Waals surface area contributed by atoms with Crippen molar-refractivity contribution in [2.45, 2.75) is 72.8 Å². The lowest BCUT2D eigenvalue weighted by molar-refractivity contribution is 0.582. The van der Waals surface area contributed by atoms with E-state index in [0.29, 0.717) is 6.54 Å². The minimum atomic E-state index is 0.159. The van der Waals surface area contributed by atoms with Gasteiger partial charge in [-0.15, -0.1) is 5.73 Å². The summed E-state index contributed by atoms with van der Waals surface area (Å²) >= 11 is 0. The van der Waals surface area contributed by atoms with Crippen molar-refractivity contribution < 1.29 is 0 Å². The standard InChI is InChI=1S/C27H41N3/c1-8-12-21(5)14-15-24-16-18-25(19-17-24)30-26(13-9-2)20-28-23(7)27(11-4)29-22(6)10-3/h12-13,16-19,27-30H,3,7-9,11,14-15,20H2,1-2,4-6H3/b21-12-,26-13+. The van der Waals surface area contributed by atoms with E-state index in [2.05, 4.69) is 99.0 Å². The second-order valence-corrected chi connectivity index (χ2v) is 7.70. The Balaban J connectivity index is 2.65. The van der Waals surface area contributed by atoms with Gasteiger partial charge in [-0.1, -0.05) is 63.8 Å². The summed E-state index contributed by atoms with van der Waals surface area (Å²) in [4.78, 5) is 0. The van der Waals surface area contributed by atoms with E-state index in [1.807, 2.05) is 6.92 Å². The molecule has 0 fully saturated rings. The highest BCUT2D eigenvalue weighted by Gasteiger charge is 2.10. The van der Waals surface area contributed by atoms with Crippen LogP contribution in [0.4, 0.5) is 5.69 Å². The highest BCUT2D eigenvalue weighted by Crippen LogP contribution is 2.16. The van der Waals surface area contributed by atoms with Gasteiger partial charge in [0, 0.05) is 17.1 Å². The maximum Gasteiger partial charge on any atom is 0.0653 e. The van der Waals surface area contributed by atoms with Crippen LogP contribution in [0.15, 0.2) is 78.0 Å². The van der Waals surface area contributed by atoms with Gasteiger partial charge < -0.3 is 16.0 Å². The Morgan fingerprint density at radius 3 is 2.30 bits per heavy atom. The molecule has 1 aromatic carbocycles. The minimum absolute atomic E-state index is 0.159. The molecule has 0 saturated carbocycles. The van der Waals surface area contributed by atoms with Crippen LogP contribution >= 0.6 is 0 Å². The normalized spacial score (nSPS) is 12.7. The van der Waals surface area contributed by atoms with E-state index >= 15 is 0 Å². The van der Waals surface area contributed by atoms with Crippen LogP contribution in [0.3, 0.4) is 0 Å². The van der Waals surface area contributed by atoms with E-state index in [0.717, 1.165) is 54.9 Å². The van der Waals surface area contributed by atoms with E-state index in [4.69, 9.17) is 0 Å². The zero-order chi connectivity index (χ0) is 22.4. The van der Waals surface area contributed by atoms with Gasteiger partial charge in [0.25, 0.3) is 0 Å². The molecular formula is C27H41N3. The lowest BCUT2D eigenvalue weighted by Gasteiger charge is -2.23. The van der Waals surface area contributed by atoms with Gasteiger partial charge in [0.1, 0.15) is 0 Å². The molecule has 0 spiro atoms. The maximum absolute atomic E-state index is 4.22. The molecule has 0 saturated heterocycles. The second kappa shape index (κ2) is 14.4. The lowest BCUT2D eigenvalue weighted by atomic mass is 10.0. The number of hydrogen-bond acceptors (Lipinski definition) is 3. The monoisotopic (exact) mass is 407 g/mol. The Bertz CT molecular complexity index is 762. The summed E-state index contributed by atoms with van der Waals surface area (Å²) in [5.74, 6) is 0. The van der Waals surface area contributed by atoms with Crippen molar-refractivity contribution in [2.24, 2.45) is 0 Å². The average Bonchev–Trinajstić information content (AvgIpc) is 2.75. The summed E-state index contributed by atoms with van der Waals surface area (Å²) in [7, 11) is 0. The molecule has 1 aromatic rings. The van der Waals surface area contributed by atoms with Crippen molar-refractivity contribution >= 4 is 5.69 Å². The van der Waals surface area contributed by atoms with Gasteiger partial charge >= 0.3 is 0 Å². The molecule has 30 heavy (non-hydrogen) atoms. The van der Waals surface area contributed by atoms with Gasteiger partial charge in [0.2, 0.25) is 0 Å². The third-order valence-electron chi connectivity index (χ3n) is 5.06. The molecule has 1 rings (SSSR count). The molecule has 0 amide bonds. The molecule has 0 aromatic heterocycles. The number of nitrogens with one attached hydrogen (secondary N) is 3. The summed E-state index contributed by atoms with van der Waals surface area (Å²) in [6, 6.07) is 8.94. The first-order valence-electron chi connectivity index (χ1n) is 11.2. The van der Waals surface area contributed by atoms with Crippen LogP contribution in [0.1, 0.15) is 65.9 Å². The molecular weight excluding hydrogens is 366 g/mol. The zero-order valence-electron chi connectivity index (χ0n) is 19.7. The van der Waals surface area contributed by atoms with Gasteiger partial charge in [0.15, 0.2) is 0 Å². The molecule has 1 atom stereocenters. The van der Waals surface area contributed by atoms with Crippen LogP contribution in [-0.2, 0) is 6.42 Å². The highest BCUT2D eigenvalue weighted by atomic mass is 15.0. The van der Waals surface area contributed by atoms with Crippen molar-refractivity contribution in [1.82, 2.24) is 10.6 Å². The van der Waals surface area contributed by atoms with Crippen molar-refractivity contribution in [3.8, 4) is 0 Å². The summed E-state index contributed by atoms with van der Waals surface area (Å²) in [6.07, 6.45) is 9.78. The fraction of sp³-hybridized carbons (Fsp3) is 0.444. The van der Waals surface area contributed by atoms with E-state index in [9.17, 15) is 0 Å². The van der Waals surface area contributed by atoms with Crippen LogP contribution in [0, 0.1) is 0 Å². The zero-order valence-corrected chi connectivity index (χ0v) is 19.7. The number of anilines is 1. The first kappa shape index (κ1) is 25.4. The quantitative estimate of drug-likeness (QED) is 0.233. The first-order chi connectivity index (χ1) is 14.4. The Morgan fingerprint density at radius 1 is 1.07 bits per heavy atom. The number of aryl methyl sites for hydroxylation is 1. The van der Waals surface area contributed by atoms with Gasteiger partial charge in [-0.3, -0.25) is 0 Å². The average molecular weight is 408 g/mol. The van der Waals surface area contributed by atoms with Crippen LogP contribution in [-0.4, -0.2) is 12.6 Å². The van der Waals surface area contributed by atoms with E-state index in [1.165, 1.54) is 11.1 Å². The molecule has 164 valence electrons. The van der Waals surface area contributed by atoms with Gasteiger partial charge in [-0.25, -0.2) is 0 Å². The Hall–Kier alpha value is -2.64.